The van der Waals surface area contributed by atoms with Crippen LogP contribution in [0.1, 0.15) is 24.2 Å². The first kappa shape index (κ1) is 19.1. The van der Waals surface area contributed by atoms with E-state index in [4.69, 9.17) is 16.3 Å². The Bertz CT molecular complexity index is 1060. The first-order valence-electron chi connectivity index (χ1n) is 9.16. The number of fused-ring (bicyclic) bond motifs is 1. The van der Waals surface area contributed by atoms with Crippen molar-refractivity contribution in [2.45, 2.75) is 24.4 Å². The van der Waals surface area contributed by atoms with Gasteiger partial charge in [0.1, 0.15) is 5.75 Å². The number of hydrogen-bond donors (Lipinski definition) is 0. The maximum absolute atomic E-state index is 13.4. The lowest BCUT2D eigenvalue weighted by Gasteiger charge is -2.36. The van der Waals surface area contributed by atoms with E-state index in [1.54, 1.807) is 28.6 Å². The van der Waals surface area contributed by atoms with E-state index >= 15 is 0 Å². The molecule has 0 aliphatic carbocycles. The third-order valence-electron chi connectivity index (χ3n) is 4.92. The second kappa shape index (κ2) is 7.62. The van der Waals surface area contributed by atoms with E-state index in [0.717, 1.165) is 17.0 Å². The second-order valence-corrected chi connectivity index (χ2v) is 8.93. The van der Waals surface area contributed by atoms with Crippen LogP contribution in [-0.2, 0) is 16.6 Å². The molecule has 28 heavy (non-hydrogen) atoms. The van der Waals surface area contributed by atoms with Gasteiger partial charge in [0.15, 0.2) is 0 Å². The molecule has 2 heterocycles. The summed E-state index contributed by atoms with van der Waals surface area (Å²) in [7, 11) is -3.69. The Morgan fingerprint density at radius 1 is 1.04 bits per heavy atom. The number of benzene rings is 2. The maximum atomic E-state index is 13.4. The molecule has 0 spiro atoms. The average Bonchev–Trinajstić information content (AvgIpc) is 3.17. The van der Waals surface area contributed by atoms with E-state index in [0.29, 0.717) is 24.7 Å². The zero-order valence-electron chi connectivity index (χ0n) is 15.5. The van der Waals surface area contributed by atoms with Crippen molar-refractivity contribution in [3.63, 3.8) is 0 Å². The number of sulfonamides is 1. The van der Waals surface area contributed by atoms with Crippen molar-refractivity contribution in [2.24, 2.45) is 0 Å². The highest BCUT2D eigenvalue weighted by molar-refractivity contribution is 7.89. The van der Waals surface area contributed by atoms with E-state index in [9.17, 15) is 8.42 Å². The molecule has 5 nitrogen and oxygen atoms in total. The molecule has 7 heteroatoms. The zero-order chi connectivity index (χ0) is 19.7. The fourth-order valence-corrected chi connectivity index (χ4v) is 5.32. The van der Waals surface area contributed by atoms with Crippen LogP contribution in [0, 0.1) is 0 Å². The summed E-state index contributed by atoms with van der Waals surface area (Å²) in [5, 5.41) is 0.509. The minimum Gasteiger partial charge on any atom is -0.494 e. The SMILES string of the molecule is CCOc1ccc(C2c3cccn3CCN2S(=O)(=O)c2ccc(Cl)cc2)cc1. The Morgan fingerprint density at radius 2 is 1.75 bits per heavy atom. The summed E-state index contributed by atoms with van der Waals surface area (Å²) in [4.78, 5) is 0.243. The van der Waals surface area contributed by atoms with E-state index < -0.39 is 16.1 Å². The van der Waals surface area contributed by atoms with Gasteiger partial charge in [-0.15, -0.1) is 0 Å². The minimum absolute atomic E-state index is 0.243. The van der Waals surface area contributed by atoms with Crippen molar-refractivity contribution in [1.29, 1.82) is 0 Å². The van der Waals surface area contributed by atoms with Crippen molar-refractivity contribution in [3.05, 3.63) is 83.1 Å². The van der Waals surface area contributed by atoms with Crippen LogP contribution in [0.3, 0.4) is 0 Å². The molecule has 0 saturated carbocycles. The fraction of sp³-hybridized carbons (Fsp3) is 0.238. The highest BCUT2D eigenvalue weighted by Gasteiger charge is 2.37. The molecule has 1 atom stereocenters. The summed E-state index contributed by atoms with van der Waals surface area (Å²) >= 11 is 5.94. The predicted octanol–water partition coefficient (Wildman–Crippen LogP) is 4.33. The monoisotopic (exact) mass is 416 g/mol. The van der Waals surface area contributed by atoms with Gasteiger partial charge in [0.2, 0.25) is 10.0 Å². The molecule has 0 amide bonds. The van der Waals surface area contributed by atoms with E-state index in [-0.39, 0.29) is 4.90 Å². The summed E-state index contributed by atoms with van der Waals surface area (Å²) in [6.45, 7) is 3.53. The first-order valence-corrected chi connectivity index (χ1v) is 11.0. The largest absolute Gasteiger partial charge is 0.494 e. The van der Waals surface area contributed by atoms with Gasteiger partial charge in [0.25, 0.3) is 0 Å². The predicted molar refractivity (Wildman–Crippen MR) is 109 cm³/mol. The molecule has 0 fully saturated rings. The molecule has 1 aliphatic rings. The Kier molecular flexibility index (Phi) is 5.19. The molecule has 3 aromatic rings. The lowest BCUT2D eigenvalue weighted by Crippen LogP contribution is -2.42. The average molecular weight is 417 g/mol. The van der Waals surface area contributed by atoms with Gasteiger partial charge in [-0.1, -0.05) is 23.7 Å². The minimum atomic E-state index is -3.69. The molecule has 146 valence electrons. The molecule has 0 N–H and O–H groups in total. The number of hydrogen-bond acceptors (Lipinski definition) is 3. The van der Waals surface area contributed by atoms with Crippen LogP contribution in [0.15, 0.2) is 71.8 Å². The summed E-state index contributed by atoms with van der Waals surface area (Å²) in [5.41, 5.74) is 1.86. The van der Waals surface area contributed by atoms with Crippen molar-refractivity contribution in [2.75, 3.05) is 13.2 Å². The number of halogens is 1. The van der Waals surface area contributed by atoms with E-state index in [1.165, 1.54) is 0 Å². The molecule has 4 rings (SSSR count). The molecule has 1 aliphatic heterocycles. The second-order valence-electron chi connectivity index (χ2n) is 6.60. The van der Waals surface area contributed by atoms with Crippen LogP contribution in [0.4, 0.5) is 0 Å². The smallest absolute Gasteiger partial charge is 0.244 e. The molecule has 2 aromatic carbocycles. The van der Waals surface area contributed by atoms with Crippen molar-refractivity contribution >= 4 is 21.6 Å². The molecule has 0 saturated heterocycles. The molecule has 1 aromatic heterocycles. The van der Waals surface area contributed by atoms with Gasteiger partial charge in [-0.3, -0.25) is 0 Å². The van der Waals surface area contributed by atoms with Gasteiger partial charge in [-0.05, 0) is 61.0 Å². The summed E-state index contributed by atoms with van der Waals surface area (Å²) in [6, 6.07) is 17.5. The van der Waals surface area contributed by atoms with Gasteiger partial charge < -0.3 is 9.30 Å². The third-order valence-corrected chi connectivity index (χ3v) is 7.05. The maximum Gasteiger partial charge on any atom is 0.244 e. The highest BCUT2D eigenvalue weighted by atomic mass is 35.5. The molecule has 0 radical (unpaired) electrons. The molecular formula is C21H21ClN2O3S. The van der Waals surface area contributed by atoms with Gasteiger partial charge in [0, 0.05) is 30.0 Å². The summed E-state index contributed by atoms with van der Waals surface area (Å²) in [6.07, 6.45) is 1.99. The van der Waals surface area contributed by atoms with Crippen LogP contribution in [0.2, 0.25) is 5.02 Å². The quantitative estimate of drug-likeness (QED) is 0.621. The molecule has 1 unspecified atom stereocenters. The van der Waals surface area contributed by atoms with Gasteiger partial charge in [-0.25, -0.2) is 8.42 Å². The highest BCUT2D eigenvalue weighted by Crippen LogP contribution is 2.37. The van der Waals surface area contributed by atoms with Crippen LogP contribution >= 0.6 is 11.6 Å². The van der Waals surface area contributed by atoms with Crippen LogP contribution in [-0.4, -0.2) is 30.4 Å². The molecular weight excluding hydrogens is 396 g/mol. The fourth-order valence-electron chi connectivity index (χ4n) is 3.61. The number of aromatic nitrogens is 1. The number of nitrogens with zero attached hydrogens (tertiary/aromatic N) is 2. The van der Waals surface area contributed by atoms with E-state index in [1.807, 2.05) is 49.5 Å². The first-order chi connectivity index (χ1) is 13.5. The number of rotatable bonds is 5. The van der Waals surface area contributed by atoms with Gasteiger partial charge >= 0.3 is 0 Å². The van der Waals surface area contributed by atoms with Crippen LogP contribution in [0.25, 0.3) is 0 Å². The Morgan fingerprint density at radius 3 is 2.43 bits per heavy atom. The third kappa shape index (κ3) is 3.43. The lowest BCUT2D eigenvalue weighted by atomic mass is 10.0. The van der Waals surface area contributed by atoms with Crippen molar-refractivity contribution in [1.82, 2.24) is 8.87 Å². The van der Waals surface area contributed by atoms with Gasteiger partial charge in [0.05, 0.1) is 17.5 Å². The van der Waals surface area contributed by atoms with Crippen molar-refractivity contribution < 1.29 is 13.2 Å². The summed E-state index contributed by atoms with van der Waals surface area (Å²) in [5.74, 6) is 0.768. The van der Waals surface area contributed by atoms with Crippen molar-refractivity contribution in [3.8, 4) is 5.75 Å². The topological polar surface area (TPSA) is 51.5 Å². The Labute approximate surface area is 170 Å². The van der Waals surface area contributed by atoms with Crippen LogP contribution in [0.5, 0.6) is 5.75 Å². The Balaban J connectivity index is 1.78. The zero-order valence-corrected chi connectivity index (χ0v) is 17.0. The van der Waals surface area contributed by atoms with E-state index in [2.05, 4.69) is 4.57 Å². The standard InChI is InChI=1S/C21H21ClN2O3S/c1-2-27-18-9-5-16(6-10-18)21-20-4-3-13-23(20)14-15-24(21)28(25,26)19-11-7-17(22)8-12-19/h3-13,21H,2,14-15H2,1H3. The summed E-state index contributed by atoms with van der Waals surface area (Å²) < 4.78 is 36.1. The lowest BCUT2D eigenvalue weighted by molar-refractivity contribution is 0.298. The molecule has 0 bridgehead atoms. The number of ether oxygens (including phenoxy) is 1. The Hall–Kier alpha value is -2.28. The van der Waals surface area contributed by atoms with Crippen LogP contribution < -0.4 is 4.74 Å². The van der Waals surface area contributed by atoms with Gasteiger partial charge in [-0.2, -0.15) is 4.31 Å². The normalized spacial score (nSPS) is 17.3.